The molecule has 0 aliphatic carbocycles. The van der Waals surface area contributed by atoms with Gasteiger partial charge in [-0.1, -0.05) is 13.3 Å². The molecule has 1 fully saturated rings. The molecule has 1 heterocycles. The predicted molar refractivity (Wildman–Crippen MR) is 68.1 cm³/mol. The standard InChI is InChI=1S/C14H26N2/c1-5-12-11-16(14(2,3)4)10-8-13(12)7-6-9-15/h12-13H,5-8,10-11H2,1-4H3. The highest BCUT2D eigenvalue weighted by Crippen LogP contribution is 2.32. The van der Waals surface area contributed by atoms with Crippen LogP contribution in [0.3, 0.4) is 0 Å². The Labute approximate surface area is 101 Å². The fraction of sp³-hybridized carbons (Fsp3) is 0.929. The van der Waals surface area contributed by atoms with Crippen molar-refractivity contribution in [3.63, 3.8) is 0 Å². The Balaban J connectivity index is 2.54. The van der Waals surface area contributed by atoms with Crippen LogP contribution >= 0.6 is 0 Å². The van der Waals surface area contributed by atoms with E-state index in [0.717, 1.165) is 24.7 Å². The number of piperidine rings is 1. The van der Waals surface area contributed by atoms with Crippen LogP contribution in [0.15, 0.2) is 0 Å². The Kier molecular flexibility index (Phi) is 4.80. The zero-order chi connectivity index (χ0) is 12.2. The molecule has 0 amide bonds. The largest absolute Gasteiger partial charge is 0.298 e. The van der Waals surface area contributed by atoms with Gasteiger partial charge in [-0.2, -0.15) is 5.26 Å². The minimum absolute atomic E-state index is 0.299. The average molecular weight is 222 g/mol. The van der Waals surface area contributed by atoms with E-state index in [1.165, 1.54) is 25.9 Å². The van der Waals surface area contributed by atoms with E-state index in [9.17, 15) is 0 Å². The summed E-state index contributed by atoms with van der Waals surface area (Å²) in [5.74, 6) is 1.57. The smallest absolute Gasteiger partial charge is 0.0621 e. The molecule has 0 aromatic heterocycles. The second kappa shape index (κ2) is 5.68. The van der Waals surface area contributed by atoms with Gasteiger partial charge in [0, 0.05) is 18.5 Å². The van der Waals surface area contributed by atoms with Crippen molar-refractivity contribution < 1.29 is 0 Å². The fourth-order valence-electron chi connectivity index (χ4n) is 2.78. The van der Waals surface area contributed by atoms with Gasteiger partial charge in [-0.05, 0) is 52.0 Å². The molecule has 0 bridgehead atoms. The van der Waals surface area contributed by atoms with Crippen LogP contribution in [0, 0.1) is 23.2 Å². The van der Waals surface area contributed by atoms with Gasteiger partial charge in [0.05, 0.1) is 6.07 Å². The van der Waals surface area contributed by atoms with E-state index < -0.39 is 0 Å². The first-order valence-corrected chi connectivity index (χ1v) is 6.61. The lowest BCUT2D eigenvalue weighted by atomic mass is 9.79. The van der Waals surface area contributed by atoms with Gasteiger partial charge < -0.3 is 0 Å². The molecule has 1 saturated heterocycles. The second-order valence-corrected chi connectivity index (χ2v) is 6.03. The summed E-state index contributed by atoms with van der Waals surface area (Å²) in [7, 11) is 0. The van der Waals surface area contributed by atoms with Gasteiger partial charge in [0.25, 0.3) is 0 Å². The Bertz CT molecular complexity index is 246. The molecule has 2 atom stereocenters. The second-order valence-electron chi connectivity index (χ2n) is 6.03. The van der Waals surface area contributed by atoms with Crippen LogP contribution < -0.4 is 0 Å². The number of nitriles is 1. The van der Waals surface area contributed by atoms with E-state index >= 15 is 0 Å². The van der Waals surface area contributed by atoms with Gasteiger partial charge in [0.1, 0.15) is 0 Å². The Morgan fingerprint density at radius 1 is 1.31 bits per heavy atom. The first-order chi connectivity index (χ1) is 7.49. The number of likely N-dealkylation sites (tertiary alicyclic amines) is 1. The van der Waals surface area contributed by atoms with Crippen molar-refractivity contribution >= 4 is 0 Å². The predicted octanol–water partition coefficient (Wildman–Crippen LogP) is 3.44. The fourth-order valence-corrected chi connectivity index (χ4v) is 2.78. The first-order valence-electron chi connectivity index (χ1n) is 6.61. The van der Waals surface area contributed by atoms with Crippen molar-refractivity contribution in [1.29, 1.82) is 5.26 Å². The highest BCUT2D eigenvalue weighted by molar-refractivity contribution is 4.87. The molecule has 0 aromatic carbocycles. The Hall–Kier alpha value is -0.550. The molecule has 2 heteroatoms. The maximum absolute atomic E-state index is 8.68. The SMILES string of the molecule is CCC1CN(C(C)(C)C)CCC1CCC#N. The summed E-state index contributed by atoms with van der Waals surface area (Å²) >= 11 is 0. The van der Waals surface area contributed by atoms with Crippen molar-refractivity contribution in [1.82, 2.24) is 4.90 Å². The lowest BCUT2D eigenvalue weighted by molar-refractivity contribution is 0.0428. The molecule has 0 aromatic rings. The molecule has 16 heavy (non-hydrogen) atoms. The van der Waals surface area contributed by atoms with Crippen molar-refractivity contribution in [2.45, 2.75) is 58.9 Å². The van der Waals surface area contributed by atoms with Crippen molar-refractivity contribution in [3.05, 3.63) is 0 Å². The monoisotopic (exact) mass is 222 g/mol. The highest BCUT2D eigenvalue weighted by atomic mass is 15.2. The van der Waals surface area contributed by atoms with Crippen LogP contribution in [0.5, 0.6) is 0 Å². The van der Waals surface area contributed by atoms with Crippen LogP contribution in [0.25, 0.3) is 0 Å². The van der Waals surface area contributed by atoms with Crippen LogP contribution in [0.1, 0.15) is 53.4 Å². The molecule has 1 aliphatic rings. The number of rotatable bonds is 3. The van der Waals surface area contributed by atoms with Crippen molar-refractivity contribution in [2.24, 2.45) is 11.8 Å². The summed E-state index contributed by atoms with van der Waals surface area (Å²) in [5.41, 5.74) is 0.299. The van der Waals surface area contributed by atoms with Gasteiger partial charge in [0.15, 0.2) is 0 Å². The van der Waals surface area contributed by atoms with E-state index in [4.69, 9.17) is 5.26 Å². The molecule has 0 spiro atoms. The molecule has 0 saturated carbocycles. The summed E-state index contributed by atoms with van der Waals surface area (Å²) in [6, 6.07) is 2.29. The molecule has 0 radical (unpaired) electrons. The molecule has 2 nitrogen and oxygen atoms in total. The van der Waals surface area contributed by atoms with Crippen LogP contribution in [0.4, 0.5) is 0 Å². The topological polar surface area (TPSA) is 27.0 Å². The van der Waals surface area contributed by atoms with E-state index in [1.54, 1.807) is 0 Å². The van der Waals surface area contributed by atoms with Gasteiger partial charge in [-0.15, -0.1) is 0 Å². The van der Waals surface area contributed by atoms with E-state index in [1.807, 2.05) is 0 Å². The zero-order valence-electron chi connectivity index (χ0n) is 11.3. The third-order valence-electron chi connectivity index (χ3n) is 3.99. The minimum atomic E-state index is 0.299. The maximum Gasteiger partial charge on any atom is 0.0621 e. The Morgan fingerprint density at radius 2 is 2.00 bits per heavy atom. The zero-order valence-corrected chi connectivity index (χ0v) is 11.3. The average Bonchev–Trinajstić information content (AvgIpc) is 2.24. The number of nitrogens with zero attached hydrogens (tertiary/aromatic N) is 2. The van der Waals surface area contributed by atoms with E-state index in [-0.39, 0.29) is 0 Å². The molecule has 92 valence electrons. The summed E-state index contributed by atoms with van der Waals surface area (Å²) in [4.78, 5) is 2.60. The highest BCUT2D eigenvalue weighted by Gasteiger charge is 2.32. The van der Waals surface area contributed by atoms with Crippen molar-refractivity contribution in [2.75, 3.05) is 13.1 Å². The van der Waals surface area contributed by atoms with E-state index in [2.05, 4.69) is 38.7 Å². The molecule has 1 aliphatic heterocycles. The van der Waals surface area contributed by atoms with Crippen LogP contribution in [-0.4, -0.2) is 23.5 Å². The van der Waals surface area contributed by atoms with Crippen LogP contribution in [-0.2, 0) is 0 Å². The molecular weight excluding hydrogens is 196 g/mol. The lowest BCUT2D eigenvalue weighted by Gasteiger charge is -2.45. The minimum Gasteiger partial charge on any atom is -0.298 e. The lowest BCUT2D eigenvalue weighted by Crippen LogP contribution is -2.49. The first kappa shape index (κ1) is 13.5. The van der Waals surface area contributed by atoms with Gasteiger partial charge in [-0.25, -0.2) is 0 Å². The van der Waals surface area contributed by atoms with Crippen LogP contribution in [0.2, 0.25) is 0 Å². The third kappa shape index (κ3) is 3.49. The summed E-state index contributed by atoms with van der Waals surface area (Å²) in [5, 5.41) is 8.68. The molecule has 1 rings (SSSR count). The maximum atomic E-state index is 8.68. The van der Waals surface area contributed by atoms with Gasteiger partial charge in [-0.3, -0.25) is 4.90 Å². The summed E-state index contributed by atoms with van der Waals surface area (Å²) in [6.07, 6.45) is 4.36. The normalized spacial score (nSPS) is 27.7. The molecular formula is C14H26N2. The molecule has 0 N–H and O–H groups in total. The third-order valence-corrected chi connectivity index (χ3v) is 3.99. The molecule has 2 unspecified atom stereocenters. The van der Waals surface area contributed by atoms with Crippen molar-refractivity contribution in [3.8, 4) is 6.07 Å². The van der Waals surface area contributed by atoms with Gasteiger partial charge >= 0.3 is 0 Å². The quantitative estimate of drug-likeness (QED) is 0.731. The number of hydrogen-bond donors (Lipinski definition) is 0. The van der Waals surface area contributed by atoms with Gasteiger partial charge in [0.2, 0.25) is 0 Å². The van der Waals surface area contributed by atoms with E-state index in [0.29, 0.717) is 5.54 Å². The summed E-state index contributed by atoms with van der Waals surface area (Å²) < 4.78 is 0. The number of hydrogen-bond acceptors (Lipinski definition) is 2. The Morgan fingerprint density at radius 3 is 2.50 bits per heavy atom. The summed E-state index contributed by atoms with van der Waals surface area (Å²) in [6.45, 7) is 11.6.